The number of hydrogen-bond donors (Lipinski definition) is 0. The highest BCUT2D eigenvalue weighted by Crippen LogP contribution is 2.20. The van der Waals surface area contributed by atoms with Crippen molar-refractivity contribution in [1.82, 2.24) is 24.6 Å². The van der Waals surface area contributed by atoms with Crippen LogP contribution in [-0.2, 0) is 16.1 Å². The average Bonchev–Trinajstić information content (AvgIpc) is 3.09. The van der Waals surface area contributed by atoms with E-state index in [1.807, 2.05) is 0 Å². The summed E-state index contributed by atoms with van der Waals surface area (Å²) in [5.41, 5.74) is 0. The number of carbonyl (C=O) groups is 1. The van der Waals surface area contributed by atoms with Crippen molar-refractivity contribution in [1.29, 1.82) is 0 Å². The molecule has 7 nitrogen and oxygen atoms in total. The number of piperidine rings is 1. The third kappa shape index (κ3) is 4.75. The Kier molecular flexibility index (Phi) is 5.99. The molecule has 7 heteroatoms. The van der Waals surface area contributed by atoms with Crippen LogP contribution in [0.3, 0.4) is 0 Å². The molecule has 0 radical (unpaired) electrons. The Balaban J connectivity index is 1.47. The normalized spacial score (nSPS) is 23.1. The van der Waals surface area contributed by atoms with Crippen LogP contribution in [0.25, 0.3) is 0 Å². The van der Waals surface area contributed by atoms with Gasteiger partial charge in [0.25, 0.3) is 0 Å². The SMILES string of the molecule is O=C(CCCn1cncn1)N1CCCC[C@H]1CN1CCOCC1. The van der Waals surface area contributed by atoms with Crippen LogP contribution < -0.4 is 0 Å². The summed E-state index contributed by atoms with van der Waals surface area (Å²) in [7, 11) is 0. The lowest BCUT2D eigenvalue weighted by atomic mass is 10.0. The number of likely N-dealkylation sites (tertiary alicyclic amines) is 1. The van der Waals surface area contributed by atoms with Crippen LogP contribution >= 0.6 is 0 Å². The number of ether oxygens (including phenoxy) is 1. The Morgan fingerprint density at radius 3 is 2.87 bits per heavy atom. The van der Waals surface area contributed by atoms with E-state index in [0.29, 0.717) is 18.4 Å². The molecule has 0 N–H and O–H groups in total. The molecule has 1 aromatic rings. The van der Waals surface area contributed by atoms with E-state index in [1.54, 1.807) is 11.0 Å². The second-order valence-electron chi connectivity index (χ2n) is 6.41. The van der Waals surface area contributed by atoms with E-state index < -0.39 is 0 Å². The Bertz CT molecular complexity index is 473. The van der Waals surface area contributed by atoms with Gasteiger partial charge in [0.15, 0.2) is 0 Å². The lowest BCUT2D eigenvalue weighted by Gasteiger charge is -2.39. The predicted molar refractivity (Wildman–Crippen MR) is 85.9 cm³/mol. The van der Waals surface area contributed by atoms with Crippen LogP contribution in [0.2, 0.25) is 0 Å². The largest absolute Gasteiger partial charge is 0.379 e. The molecule has 0 saturated carbocycles. The number of nitrogens with zero attached hydrogens (tertiary/aromatic N) is 5. The van der Waals surface area contributed by atoms with Gasteiger partial charge in [-0.1, -0.05) is 0 Å². The number of aromatic nitrogens is 3. The predicted octanol–water partition coefficient (Wildman–Crippen LogP) is 0.772. The zero-order valence-corrected chi connectivity index (χ0v) is 13.8. The highest BCUT2D eigenvalue weighted by Gasteiger charge is 2.28. The van der Waals surface area contributed by atoms with Crippen molar-refractivity contribution in [3.8, 4) is 0 Å². The second-order valence-corrected chi connectivity index (χ2v) is 6.41. The van der Waals surface area contributed by atoms with Crippen LogP contribution in [0.4, 0.5) is 0 Å². The molecule has 2 aliphatic rings. The molecule has 3 heterocycles. The summed E-state index contributed by atoms with van der Waals surface area (Å²) >= 11 is 0. The Labute approximate surface area is 137 Å². The monoisotopic (exact) mass is 321 g/mol. The summed E-state index contributed by atoms with van der Waals surface area (Å²) in [6.07, 6.45) is 8.15. The molecule has 3 rings (SSSR count). The molecule has 23 heavy (non-hydrogen) atoms. The van der Waals surface area contributed by atoms with Crippen molar-refractivity contribution in [3.05, 3.63) is 12.7 Å². The summed E-state index contributed by atoms with van der Waals surface area (Å²) < 4.78 is 7.20. The van der Waals surface area contributed by atoms with Crippen LogP contribution in [0.15, 0.2) is 12.7 Å². The van der Waals surface area contributed by atoms with E-state index >= 15 is 0 Å². The first-order valence-electron chi connectivity index (χ1n) is 8.75. The van der Waals surface area contributed by atoms with Crippen molar-refractivity contribution in [2.45, 2.75) is 44.7 Å². The first-order valence-corrected chi connectivity index (χ1v) is 8.75. The molecule has 1 atom stereocenters. The Hall–Kier alpha value is -1.47. The molecule has 0 bridgehead atoms. The summed E-state index contributed by atoms with van der Waals surface area (Å²) in [4.78, 5) is 21.1. The fourth-order valence-electron chi connectivity index (χ4n) is 3.48. The number of morpholine rings is 1. The van der Waals surface area contributed by atoms with Crippen LogP contribution in [0.5, 0.6) is 0 Å². The van der Waals surface area contributed by atoms with Gasteiger partial charge in [0.2, 0.25) is 5.91 Å². The van der Waals surface area contributed by atoms with Crippen molar-refractivity contribution in [2.24, 2.45) is 0 Å². The highest BCUT2D eigenvalue weighted by molar-refractivity contribution is 5.76. The van der Waals surface area contributed by atoms with E-state index in [0.717, 1.165) is 65.2 Å². The summed E-state index contributed by atoms with van der Waals surface area (Å²) in [6, 6.07) is 0.376. The van der Waals surface area contributed by atoms with E-state index in [-0.39, 0.29) is 0 Å². The van der Waals surface area contributed by atoms with E-state index in [1.165, 1.54) is 12.7 Å². The maximum Gasteiger partial charge on any atom is 0.222 e. The first kappa shape index (κ1) is 16.4. The Morgan fingerprint density at radius 1 is 1.22 bits per heavy atom. The molecular formula is C16H27N5O2. The smallest absolute Gasteiger partial charge is 0.222 e. The molecule has 1 aromatic heterocycles. The second kappa shape index (κ2) is 8.40. The number of hydrogen-bond acceptors (Lipinski definition) is 5. The molecule has 2 saturated heterocycles. The van der Waals surface area contributed by atoms with Gasteiger partial charge in [0.1, 0.15) is 12.7 Å². The maximum atomic E-state index is 12.6. The van der Waals surface area contributed by atoms with Gasteiger partial charge in [0, 0.05) is 45.2 Å². The number of amides is 1. The molecule has 128 valence electrons. The lowest BCUT2D eigenvalue weighted by molar-refractivity contribution is -0.135. The van der Waals surface area contributed by atoms with Crippen LogP contribution in [0.1, 0.15) is 32.1 Å². The third-order valence-corrected chi connectivity index (χ3v) is 4.76. The van der Waals surface area contributed by atoms with E-state index in [9.17, 15) is 4.79 Å². The highest BCUT2D eigenvalue weighted by atomic mass is 16.5. The molecule has 2 fully saturated rings. The number of aryl methyl sites for hydroxylation is 1. The molecule has 1 amide bonds. The summed E-state index contributed by atoms with van der Waals surface area (Å²) in [5, 5.41) is 4.08. The number of carbonyl (C=O) groups excluding carboxylic acids is 1. The summed E-state index contributed by atoms with van der Waals surface area (Å²) in [5.74, 6) is 0.295. The maximum absolute atomic E-state index is 12.6. The van der Waals surface area contributed by atoms with Gasteiger partial charge in [0.05, 0.1) is 13.2 Å². The standard InChI is InChI=1S/C16H27N5O2/c22-16(5-3-6-20-14-17-13-18-20)21-7-2-1-4-15(21)12-19-8-10-23-11-9-19/h13-15H,1-12H2/t15-/m0/s1. The molecule has 0 aromatic carbocycles. The van der Waals surface area contributed by atoms with Gasteiger partial charge >= 0.3 is 0 Å². The molecule has 0 spiro atoms. The minimum Gasteiger partial charge on any atom is -0.379 e. The Morgan fingerprint density at radius 2 is 2.09 bits per heavy atom. The zero-order chi connectivity index (χ0) is 15.9. The summed E-state index contributed by atoms with van der Waals surface area (Å²) in [6.45, 7) is 6.29. The van der Waals surface area contributed by atoms with Crippen molar-refractivity contribution < 1.29 is 9.53 Å². The molecule has 2 aliphatic heterocycles. The zero-order valence-electron chi connectivity index (χ0n) is 13.8. The van der Waals surface area contributed by atoms with Gasteiger partial charge < -0.3 is 9.64 Å². The van der Waals surface area contributed by atoms with Crippen molar-refractivity contribution >= 4 is 5.91 Å². The molecule has 0 aliphatic carbocycles. The average molecular weight is 321 g/mol. The third-order valence-electron chi connectivity index (χ3n) is 4.76. The van der Waals surface area contributed by atoms with E-state index in [2.05, 4.69) is 19.9 Å². The molecular weight excluding hydrogens is 294 g/mol. The lowest BCUT2D eigenvalue weighted by Crippen LogP contribution is -2.51. The van der Waals surface area contributed by atoms with Crippen molar-refractivity contribution in [2.75, 3.05) is 39.4 Å². The minimum absolute atomic E-state index is 0.295. The quantitative estimate of drug-likeness (QED) is 0.774. The fraction of sp³-hybridized carbons (Fsp3) is 0.812. The van der Waals surface area contributed by atoms with Gasteiger partial charge in [-0.25, -0.2) is 4.98 Å². The first-order chi connectivity index (χ1) is 11.3. The fourth-order valence-corrected chi connectivity index (χ4v) is 3.48. The van der Waals surface area contributed by atoms with Gasteiger partial charge in [-0.15, -0.1) is 0 Å². The number of rotatable bonds is 6. The van der Waals surface area contributed by atoms with Crippen LogP contribution in [-0.4, -0.2) is 75.9 Å². The van der Waals surface area contributed by atoms with E-state index in [4.69, 9.17) is 4.74 Å². The van der Waals surface area contributed by atoms with Gasteiger partial charge in [-0.3, -0.25) is 14.4 Å². The topological polar surface area (TPSA) is 63.5 Å². The van der Waals surface area contributed by atoms with Gasteiger partial charge in [-0.05, 0) is 25.7 Å². The van der Waals surface area contributed by atoms with Gasteiger partial charge in [-0.2, -0.15) is 5.10 Å². The van der Waals surface area contributed by atoms with Crippen molar-refractivity contribution in [3.63, 3.8) is 0 Å². The molecule has 0 unspecified atom stereocenters. The van der Waals surface area contributed by atoms with Crippen LogP contribution in [0, 0.1) is 0 Å². The minimum atomic E-state index is 0.295.